The fourth-order valence-corrected chi connectivity index (χ4v) is 5.03. The first-order chi connectivity index (χ1) is 13.9. The predicted molar refractivity (Wildman–Crippen MR) is 115 cm³/mol. The maximum Gasteiger partial charge on any atom is 0.236 e. The molecule has 2 aliphatic rings. The molecule has 2 amide bonds. The van der Waals surface area contributed by atoms with Crippen LogP contribution in [0.1, 0.15) is 32.3 Å². The number of carbonyl (C=O) groups is 2. The molecule has 0 bridgehead atoms. The topological polar surface area (TPSA) is 79.7 Å². The number of hydrogen-bond donors (Lipinski definition) is 1. The molecule has 8 heteroatoms. The molecule has 158 valence electrons. The van der Waals surface area contributed by atoms with Crippen molar-refractivity contribution in [1.29, 1.82) is 5.26 Å². The molecule has 0 spiro atoms. The molecular formula is C21H31N5O2S. The van der Waals surface area contributed by atoms with Crippen molar-refractivity contribution in [2.75, 3.05) is 57.7 Å². The number of carbonyl (C=O) groups excluding carboxylic acids is 2. The summed E-state index contributed by atoms with van der Waals surface area (Å²) >= 11 is 1.37. The van der Waals surface area contributed by atoms with Gasteiger partial charge in [-0.1, -0.05) is 13.8 Å². The van der Waals surface area contributed by atoms with Gasteiger partial charge in [0.1, 0.15) is 11.1 Å². The van der Waals surface area contributed by atoms with E-state index >= 15 is 0 Å². The van der Waals surface area contributed by atoms with E-state index in [1.807, 2.05) is 4.90 Å². The van der Waals surface area contributed by atoms with Crippen LogP contribution < -0.4 is 5.32 Å². The minimum Gasteiger partial charge on any atom is -0.341 e. The number of hydrogen-bond acceptors (Lipinski definition) is 6. The minimum absolute atomic E-state index is 0.0603. The van der Waals surface area contributed by atoms with E-state index in [-0.39, 0.29) is 11.8 Å². The van der Waals surface area contributed by atoms with Gasteiger partial charge in [0.05, 0.1) is 12.1 Å². The number of likely N-dealkylation sites (tertiary alicyclic amines) is 1. The van der Waals surface area contributed by atoms with E-state index in [2.05, 4.69) is 35.0 Å². The second kappa shape index (κ2) is 10.2. The highest BCUT2D eigenvalue weighted by Crippen LogP contribution is 2.22. The lowest BCUT2D eigenvalue weighted by molar-refractivity contribution is -0.135. The molecule has 0 radical (unpaired) electrons. The number of piperidine rings is 1. The first-order valence-electron chi connectivity index (χ1n) is 10.4. The van der Waals surface area contributed by atoms with E-state index in [0.29, 0.717) is 41.9 Å². The van der Waals surface area contributed by atoms with Gasteiger partial charge >= 0.3 is 0 Å². The Kier molecular flexibility index (Phi) is 7.64. The zero-order valence-electron chi connectivity index (χ0n) is 17.4. The molecule has 2 atom stereocenters. The van der Waals surface area contributed by atoms with Gasteiger partial charge in [-0.3, -0.25) is 14.5 Å². The van der Waals surface area contributed by atoms with Gasteiger partial charge in [0.25, 0.3) is 0 Å². The maximum absolute atomic E-state index is 12.7. The third-order valence-electron chi connectivity index (χ3n) is 5.74. The van der Waals surface area contributed by atoms with Crippen LogP contribution in [0.4, 0.5) is 5.00 Å². The Balaban J connectivity index is 1.35. The number of nitriles is 1. The van der Waals surface area contributed by atoms with Crippen molar-refractivity contribution in [1.82, 2.24) is 14.7 Å². The summed E-state index contributed by atoms with van der Waals surface area (Å²) in [6.07, 6.45) is 1.62. The van der Waals surface area contributed by atoms with Crippen molar-refractivity contribution in [2.45, 2.75) is 26.7 Å². The Morgan fingerprint density at radius 3 is 2.48 bits per heavy atom. The van der Waals surface area contributed by atoms with Gasteiger partial charge in [0, 0.05) is 52.2 Å². The second-order valence-electron chi connectivity index (χ2n) is 8.44. The highest BCUT2D eigenvalue weighted by atomic mass is 32.1. The number of anilines is 1. The van der Waals surface area contributed by atoms with Crippen LogP contribution in [0.15, 0.2) is 11.4 Å². The molecule has 2 saturated heterocycles. The Morgan fingerprint density at radius 1 is 1.17 bits per heavy atom. The molecule has 0 saturated carbocycles. The average Bonchev–Trinajstić information content (AvgIpc) is 3.13. The molecule has 2 aliphatic heterocycles. The normalized spacial score (nSPS) is 23.6. The quantitative estimate of drug-likeness (QED) is 0.767. The molecule has 3 rings (SSSR count). The Bertz CT molecular complexity index is 740. The monoisotopic (exact) mass is 417 g/mol. The van der Waals surface area contributed by atoms with Crippen LogP contribution in [0, 0.1) is 23.2 Å². The summed E-state index contributed by atoms with van der Waals surface area (Å²) < 4.78 is 0. The molecule has 2 unspecified atom stereocenters. The summed E-state index contributed by atoms with van der Waals surface area (Å²) in [5.41, 5.74) is 0.513. The van der Waals surface area contributed by atoms with Gasteiger partial charge < -0.3 is 15.1 Å². The molecule has 7 nitrogen and oxygen atoms in total. The van der Waals surface area contributed by atoms with Gasteiger partial charge in [-0.05, 0) is 29.7 Å². The third-order valence-corrected chi connectivity index (χ3v) is 6.57. The van der Waals surface area contributed by atoms with Crippen molar-refractivity contribution in [3.63, 3.8) is 0 Å². The number of nitrogens with zero attached hydrogens (tertiary/aromatic N) is 4. The van der Waals surface area contributed by atoms with Gasteiger partial charge in [0.15, 0.2) is 0 Å². The lowest BCUT2D eigenvalue weighted by Gasteiger charge is -2.38. The molecule has 29 heavy (non-hydrogen) atoms. The number of amides is 2. The molecule has 3 heterocycles. The Morgan fingerprint density at radius 2 is 1.83 bits per heavy atom. The number of nitrogens with one attached hydrogen (secondary N) is 1. The van der Waals surface area contributed by atoms with Crippen molar-refractivity contribution in [2.24, 2.45) is 11.8 Å². The number of thiophene rings is 1. The third kappa shape index (κ3) is 6.26. The molecule has 0 aliphatic carbocycles. The van der Waals surface area contributed by atoms with Crippen molar-refractivity contribution >= 4 is 28.2 Å². The van der Waals surface area contributed by atoms with Crippen LogP contribution in [0.2, 0.25) is 0 Å². The predicted octanol–water partition coefficient (Wildman–Crippen LogP) is 2.07. The fourth-order valence-electron chi connectivity index (χ4n) is 4.27. The highest BCUT2D eigenvalue weighted by molar-refractivity contribution is 7.14. The average molecular weight is 418 g/mol. The Hall–Kier alpha value is -1.95. The van der Waals surface area contributed by atoms with Gasteiger partial charge in [-0.25, -0.2) is 0 Å². The van der Waals surface area contributed by atoms with Crippen LogP contribution in [0.25, 0.3) is 0 Å². The van der Waals surface area contributed by atoms with Crippen molar-refractivity contribution in [3.8, 4) is 6.07 Å². The molecular weight excluding hydrogens is 386 g/mol. The maximum atomic E-state index is 12.7. The SMILES string of the molecule is CC1CC(C)CN(C(=O)CN2CCN(CCC(=O)Nc3sccc3C#N)CC2)C1. The van der Waals surface area contributed by atoms with Crippen molar-refractivity contribution < 1.29 is 9.59 Å². The van der Waals surface area contributed by atoms with Crippen LogP contribution in [0.5, 0.6) is 0 Å². The molecule has 1 aromatic rings. The van der Waals surface area contributed by atoms with E-state index < -0.39 is 0 Å². The number of rotatable bonds is 6. The Labute approximate surface area is 177 Å². The summed E-state index contributed by atoms with van der Waals surface area (Å²) in [6.45, 7) is 10.9. The van der Waals surface area contributed by atoms with Gasteiger partial charge in [-0.2, -0.15) is 5.26 Å². The number of piperazine rings is 1. The van der Waals surface area contributed by atoms with Crippen molar-refractivity contribution in [3.05, 3.63) is 17.0 Å². The molecule has 1 aromatic heterocycles. The van der Waals surface area contributed by atoms with Gasteiger partial charge in [-0.15, -0.1) is 11.3 Å². The van der Waals surface area contributed by atoms with Crippen LogP contribution in [-0.2, 0) is 9.59 Å². The smallest absolute Gasteiger partial charge is 0.236 e. The fraction of sp³-hybridized carbons (Fsp3) is 0.667. The zero-order chi connectivity index (χ0) is 20.8. The van der Waals surface area contributed by atoms with Crippen LogP contribution >= 0.6 is 11.3 Å². The summed E-state index contributed by atoms with van der Waals surface area (Å²) in [5, 5.41) is 14.3. The lowest BCUT2D eigenvalue weighted by atomic mass is 9.92. The molecule has 1 N–H and O–H groups in total. The van der Waals surface area contributed by atoms with E-state index in [9.17, 15) is 9.59 Å². The zero-order valence-corrected chi connectivity index (χ0v) is 18.2. The van der Waals surface area contributed by atoms with E-state index in [1.165, 1.54) is 17.8 Å². The van der Waals surface area contributed by atoms with E-state index in [0.717, 1.165) is 39.3 Å². The van der Waals surface area contributed by atoms with E-state index in [1.54, 1.807) is 11.4 Å². The minimum atomic E-state index is -0.0603. The highest BCUT2D eigenvalue weighted by Gasteiger charge is 2.27. The molecule has 0 aromatic carbocycles. The first-order valence-corrected chi connectivity index (χ1v) is 11.3. The lowest BCUT2D eigenvalue weighted by Crippen LogP contribution is -2.52. The summed E-state index contributed by atoms with van der Waals surface area (Å²) in [6, 6.07) is 3.80. The standard InChI is InChI=1S/C21H31N5O2S/c1-16-11-17(2)14-26(13-16)20(28)15-25-8-6-24(7-9-25)5-3-19(27)23-21-18(12-22)4-10-29-21/h4,10,16-17H,3,5-9,11,13-15H2,1-2H3,(H,23,27). The van der Waals surface area contributed by atoms with Gasteiger partial charge in [0.2, 0.25) is 11.8 Å². The van der Waals surface area contributed by atoms with Crippen LogP contribution in [0.3, 0.4) is 0 Å². The van der Waals surface area contributed by atoms with Crippen LogP contribution in [-0.4, -0.2) is 78.9 Å². The summed E-state index contributed by atoms with van der Waals surface area (Å²) in [4.78, 5) is 31.3. The molecule has 2 fully saturated rings. The summed E-state index contributed by atoms with van der Waals surface area (Å²) in [5.74, 6) is 1.36. The first kappa shape index (κ1) is 21.8. The second-order valence-corrected chi connectivity index (χ2v) is 9.35. The van der Waals surface area contributed by atoms with E-state index in [4.69, 9.17) is 5.26 Å². The largest absolute Gasteiger partial charge is 0.341 e. The summed E-state index contributed by atoms with van der Waals surface area (Å²) in [7, 11) is 0.